The number of ether oxygens (including phenoxy) is 1. The number of pyridine rings is 1. The molecule has 0 aliphatic heterocycles. The van der Waals surface area contributed by atoms with E-state index in [0.717, 1.165) is 5.56 Å². The highest BCUT2D eigenvalue weighted by molar-refractivity contribution is 5.97. The normalized spacial score (nSPS) is 10.1. The molecule has 2 N–H and O–H groups in total. The van der Waals surface area contributed by atoms with E-state index in [4.69, 9.17) is 10.5 Å². The van der Waals surface area contributed by atoms with Gasteiger partial charge in [0.05, 0.1) is 5.56 Å². The third kappa shape index (κ3) is 2.48. The molecule has 4 heteroatoms. The first-order chi connectivity index (χ1) is 8.58. The lowest BCUT2D eigenvalue weighted by Crippen LogP contribution is -2.00. The zero-order valence-corrected chi connectivity index (χ0v) is 10.3. The van der Waals surface area contributed by atoms with Gasteiger partial charge in [0, 0.05) is 17.4 Å². The van der Waals surface area contributed by atoms with Crippen molar-refractivity contribution in [3.05, 3.63) is 47.7 Å². The highest BCUT2D eigenvalue weighted by atomic mass is 16.5. The molecular formula is C14H14N2O2. The Kier molecular flexibility index (Phi) is 3.28. The van der Waals surface area contributed by atoms with Crippen LogP contribution in [0.25, 0.3) is 0 Å². The molecule has 0 spiro atoms. The number of nitrogens with zero attached hydrogens (tertiary/aromatic N) is 1. The van der Waals surface area contributed by atoms with Crippen molar-refractivity contribution in [2.24, 2.45) is 0 Å². The Balaban J connectivity index is 2.41. The van der Waals surface area contributed by atoms with E-state index < -0.39 is 0 Å². The number of aromatic nitrogens is 1. The molecule has 0 amide bonds. The number of anilines is 1. The fraction of sp³-hybridized carbons (Fsp3) is 0.143. The average molecular weight is 242 g/mol. The van der Waals surface area contributed by atoms with Gasteiger partial charge in [-0.3, -0.25) is 4.79 Å². The van der Waals surface area contributed by atoms with Gasteiger partial charge in [-0.05, 0) is 38.1 Å². The lowest BCUT2D eigenvalue weighted by molar-refractivity contribution is 0.101. The van der Waals surface area contributed by atoms with Crippen LogP contribution in [-0.4, -0.2) is 10.8 Å². The number of nitrogen functional groups attached to an aromatic ring is 1. The van der Waals surface area contributed by atoms with Crippen molar-refractivity contribution in [2.45, 2.75) is 13.8 Å². The molecule has 18 heavy (non-hydrogen) atoms. The fourth-order valence-electron chi connectivity index (χ4n) is 1.59. The number of hydrogen-bond acceptors (Lipinski definition) is 4. The summed E-state index contributed by atoms with van der Waals surface area (Å²) in [5.74, 6) is 0.870. The predicted octanol–water partition coefficient (Wildman–Crippen LogP) is 2.97. The molecule has 0 saturated heterocycles. The summed E-state index contributed by atoms with van der Waals surface area (Å²) < 4.78 is 5.67. The number of carbonyl (C=O) groups is 1. The molecule has 0 unspecified atom stereocenters. The topological polar surface area (TPSA) is 65.2 Å². The van der Waals surface area contributed by atoms with Crippen molar-refractivity contribution in [3.8, 4) is 11.6 Å². The van der Waals surface area contributed by atoms with E-state index in [2.05, 4.69) is 4.98 Å². The van der Waals surface area contributed by atoms with Crippen molar-refractivity contribution >= 4 is 11.5 Å². The van der Waals surface area contributed by atoms with Gasteiger partial charge in [0.15, 0.2) is 5.78 Å². The SMILES string of the molecule is CC(=O)c1cc(N)ccc1Oc1ncccc1C. The Morgan fingerprint density at radius 2 is 2.11 bits per heavy atom. The van der Waals surface area contributed by atoms with E-state index in [1.54, 1.807) is 24.4 Å². The number of nitrogens with two attached hydrogens (primary N) is 1. The summed E-state index contributed by atoms with van der Waals surface area (Å²) >= 11 is 0. The lowest BCUT2D eigenvalue weighted by atomic mass is 10.1. The van der Waals surface area contributed by atoms with Gasteiger partial charge in [-0.25, -0.2) is 4.98 Å². The second-order valence-corrected chi connectivity index (χ2v) is 4.04. The maximum atomic E-state index is 11.5. The first-order valence-electron chi connectivity index (χ1n) is 5.58. The standard InChI is InChI=1S/C14H14N2O2/c1-9-4-3-7-16-14(9)18-13-6-5-11(15)8-12(13)10(2)17/h3-8H,15H2,1-2H3. The summed E-state index contributed by atoms with van der Waals surface area (Å²) in [6.45, 7) is 3.37. The summed E-state index contributed by atoms with van der Waals surface area (Å²) in [5.41, 5.74) is 7.56. The zero-order chi connectivity index (χ0) is 13.1. The number of rotatable bonds is 3. The minimum atomic E-state index is -0.0918. The molecule has 1 aromatic carbocycles. The maximum absolute atomic E-state index is 11.5. The van der Waals surface area contributed by atoms with Crippen LogP contribution in [0.3, 0.4) is 0 Å². The van der Waals surface area contributed by atoms with E-state index in [9.17, 15) is 4.79 Å². The van der Waals surface area contributed by atoms with E-state index in [1.165, 1.54) is 6.92 Å². The van der Waals surface area contributed by atoms with Crippen LogP contribution < -0.4 is 10.5 Å². The molecule has 2 aromatic rings. The zero-order valence-electron chi connectivity index (χ0n) is 10.3. The number of Topliss-reactive ketones (excluding diaryl/α,β-unsaturated/α-hetero) is 1. The van der Waals surface area contributed by atoms with Crippen molar-refractivity contribution in [1.29, 1.82) is 0 Å². The van der Waals surface area contributed by atoms with Crippen LogP contribution in [0.1, 0.15) is 22.8 Å². The number of ketones is 1. The smallest absolute Gasteiger partial charge is 0.222 e. The molecule has 1 aromatic heterocycles. The second kappa shape index (κ2) is 4.87. The van der Waals surface area contributed by atoms with Crippen molar-refractivity contribution < 1.29 is 9.53 Å². The van der Waals surface area contributed by atoms with Crippen LogP contribution in [0, 0.1) is 6.92 Å². The number of benzene rings is 1. The van der Waals surface area contributed by atoms with Crippen LogP contribution in [0.2, 0.25) is 0 Å². The summed E-state index contributed by atoms with van der Waals surface area (Å²) in [4.78, 5) is 15.7. The molecule has 92 valence electrons. The van der Waals surface area contributed by atoms with Gasteiger partial charge < -0.3 is 10.5 Å². The first-order valence-corrected chi connectivity index (χ1v) is 5.58. The summed E-state index contributed by atoms with van der Waals surface area (Å²) in [6, 6.07) is 8.71. The summed E-state index contributed by atoms with van der Waals surface area (Å²) in [7, 11) is 0. The van der Waals surface area contributed by atoms with E-state index in [1.807, 2.05) is 19.1 Å². The van der Waals surface area contributed by atoms with Gasteiger partial charge in [-0.2, -0.15) is 0 Å². The van der Waals surface area contributed by atoms with Crippen LogP contribution in [-0.2, 0) is 0 Å². The Bertz CT molecular complexity index is 594. The van der Waals surface area contributed by atoms with Crippen LogP contribution in [0.4, 0.5) is 5.69 Å². The molecule has 0 aliphatic carbocycles. The first kappa shape index (κ1) is 12.1. The molecule has 0 radical (unpaired) electrons. The highest BCUT2D eigenvalue weighted by Gasteiger charge is 2.11. The van der Waals surface area contributed by atoms with E-state index >= 15 is 0 Å². The summed E-state index contributed by atoms with van der Waals surface area (Å²) in [6.07, 6.45) is 1.65. The Morgan fingerprint density at radius 3 is 2.78 bits per heavy atom. The van der Waals surface area contributed by atoms with Gasteiger partial charge in [0.1, 0.15) is 5.75 Å². The van der Waals surface area contributed by atoms with Gasteiger partial charge in [-0.15, -0.1) is 0 Å². The van der Waals surface area contributed by atoms with Gasteiger partial charge in [0.2, 0.25) is 5.88 Å². The average Bonchev–Trinajstić information content (AvgIpc) is 2.34. The van der Waals surface area contributed by atoms with Crippen molar-refractivity contribution in [3.63, 3.8) is 0 Å². The largest absolute Gasteiger partial charge is 0.438 e. The van der Waals surface area contributed by atoms with Crippen molar-refractivity contribution in [2.75, 3.05) is 5.73 Å². The fourth-order valence-corrected chi connectivity index (χ4v) is 1.59. The second-order valence-electron chi connectivity index (χ2n) is 4.04. The van der Waals surface area contributed by atoms with Crippen molar-refractivity contribution in [1.82, 2.24) is 4.98 Å². The third-order valence-electron chi connectivity index (χ3n) is 2.55. The molecule has 4 nitrogen and oxygen atoms in total. The minimum absolute atomic E-state index is 0.0918. The third-order valence-corrected chi connectivity index (χ3v) is 2.55. The molecule has 0 fully saturated rings. The van der Waals surface area contributed by atoms with Gasteiger partial charge in [0.25, 0.3) is 0 Å². The van der Waals surface area contributed by atoms with Crippen LogP contribution in [0.5, 0.6) is 11.6 Å². The molecule has 0 bridgehead atoms. The number of hydrogen-bond donors (Lipinski definition) is 1. The maximum Gasteiger partial charge on any atom is 0.222 e. The molecule has 0 atom stereocenters. The molecule has 0 aliphatic rings. The Morgan fingerprint density at radius 1 is 1.33 bits per heavy atom. The highest BCUT2D eigenvalue weighted by Crippen LogP contribution is 2.27. The Labute approximate surface area is 105 Å². The lowest BCUT2D eigenvalue weighted by Gasteiger charge is -2.10. The number of carbonyl (C=O) groups excluding carboxylic acids is 1. The minimum Gasteiger partial charge on any atom is -0.438 e. The quantitative estimate of drug-likeness (QED) is 0.663. The van der Waals surface area contributed by atoms with Crippen LogP contribution in [0.15, 0.2) is 36.5 Å². The molecule has 1 heterocycles. The molecular weight excluding hydrogens is 228 g/mol. The monoisotopic (exact) mass is 242 g/mol. The van der Waals surface area contributed by atoms with Gasteiger partial charge in [-0.1, -0.05) is 6.07 Å². The summed E-state index contributed by atoms with van der Waals surface area (Å²) in [5, 5.41) is 0. The number of aryl methyl sites for hydroxylation is 1. The van der Waals surface area contributed by atoms with Crippen LogP contribution >= 0.6 is 0 Å². The van der Waals surface area contributed by atoms with E-state index in [0.29, 0.717) is 22.9 Å². The predicted molar refractivity (Wildman–Crippen MR) is 69.9 cm³/mol. The Hall–Kier alpha value is -2.36. The van der Waals surface area contributed by atoms with Gasteiger partial charge >= 0.3 is 0 Å². The molecule has 0 saturated carbocycles. The van der Waals surface area contributed by atoms with E-state index in [-0.39, 0.29) is 5.78 Å². The molecule has 2 rings (SSSR count).